The van der Waals surface area contributed by atoms with Crippen LogP contribution in [0.4, 0.5) is 0 Å². The van der Waals surface area contributed by atoms with E-state index in [0.717, 1.165) is 31.4 Å². The Morgan fingerprint density at radius 2 is 2.11 bits per heavy atom. The van der Waals surface area contributed by atoms with Crippen LogP contribution >= 0.6 is 0 Å². The first-order valence-corrected chi connectivity index (χ1v) is 6.87. The molecule has 1 heterocycles. The highest BCUT2D eigenvalue weighted by molar-refractivity contribution is 5.82. The van der Waals surface area contributed by atoms with E-state index in [1.165, 1.54) is 0 Å². The smallest absolute Gasteiger partial charge is 0.237 e. The first kappa shape index (κ1) is 14.0. The number of rotatable bonds is 4. The van der Waals surface area contributed by atoms with Gasteiger partial charge in [-0.2, -0.15) is 0 Å². The Labute approximate surface area is 114 Å². The first-order chi connectivity index (χ1) is 9.15. The molecule has 2 atom stereocenters. The van der Waals surface area contributed by atoms with Crippen molar-refractivity contribution >= 4 is 5.91 Å². The van der Waals surface area contributed by atoms with Crippen molar-refractivity contribution in [2.24, 2.45) is 0 Å². The average Bonchev–Trinajstić information content (AvgIpc) is 2.65. The Kier molecular flexibility index (Phi) is 4.56. The number of hydrogen-bond acceptors (Lipinski definition) is 3. The molecule has 4 heteroatoms. The first-order valence-electron chi connectivity index (χ1n) is 6.87. The summed E-state index contributed by atoms with van der Waals surface area (Å²) in [6.07, 6.45) is 2.85. The minimum atomic E-state index is -0.590. The van der Waals surface area contributed by atoms with Gasteiger partial charge in [0, 0.05) is 6.54 Å². The van der Waals surface area contributed by atoms with Crippen molar-refractivity contribution in [3.63, 3.8) is 0 Å². The molecule has 19 heavy (non-hydrogen) atoms. The maximum absolute atomic E-state index is 12.0. The lowest BCUT2D eigenvalue weighted by Gasteiger charge is -2.33. The summed E-state index contributed by atoms with van der Waals surface area (Å²) in [5, 5.41) is 16.0. The number of aliphatic hydroxyl groups is 1. The van der Waals surface area contributed by atoms with Crippen molar-refractivity contribution in [3.8, 4) is 0 Å². The molecule has 1 fully saturated rings. The summed E-state index contributed by atoms with van der Waals surface area (Å²) in [7, 11) is 0. The number of carbonyl (C=O) groups excluding carboxylic acids is 1. The van der Waals surface area contributed by atoms with Gasteiger partial charge in [0.1, 0.15) is 0 Å². The van der Waals surface area contributed by atoms with Crippen molar-refractivity contribution in [2.75, 3.05) is 13.2 Å². The Morgan fingerprint density at radius 1 is 1.37 bits per heavy atom. The monoisotopic (exact) mass is 262 g/mol. The molecule has 0 radical (unpaired) electrons. The van der Waals surface area contributed by atoms with Crippen LogP contribution in [0.3, 0.4) is 0 Å². The van der Waals surface area contributed by atoms with Gasteiger partial charge in [-0.15, -0.1) is 0 Å². The van der Waals surface area contributed by atoms with Gasteiger partial charge in [0.05, 0.1) is 18.2 Å². The van der Waals surface area contributed by atoms with Crippen LogP contribution in [-0.2, 0) is 10.3 Å². The van der Waals surface area contributed by atoms with Crippen molar-refractivity contribution in [1.82, 2.24) is 10.6 Å². The molecule has 1 aromatic rings. The van der Waals surface area contributed by atoms with E-state index in [9.17, 15) is 9.90 Å². The second-order valence-corrected chi connectivity index (χ2v) is 5.34. The molecule has 3 N–H and O–H groups in total. The third-order valence-corrected chi connectivity index (χ3v) is 3.76. The van der Waals surface area contributed by atoms with Crippen LogP contribution in [0, 0.1) is 0 Å². The molecule has 1 aliphatic rings. The topological polar surface area (TPSA) is 61.4 Å². The Balaban J connectivity index is 2.15. The maximum Gasteiger partial charge on any atom is 0.237 e. The van der Waals surface area contributed by atoms with Crippen LogP contribution in [0.5, 0.6) is 0 Å². The van der Waals surface area contributed by atoms with E-state index in [1.807, 2.05) is 37.3 Å². The summed E-state index contributed by atoms with van der Waals surface area (Å²) in [6, 6.07) is 9.53. The molecule has 1 saturated heterocycles. The lowest BCUT2D eigenvalue weighted by Crippen LogP contribution is -2.53. The van der Waals surface area contributed by atoms with E-state index in [0.29, 0.717) is 0 Å². The normalized spacial score (nSPS) is 23.3. The molecule has 2 unspecified atom stereocenters. The second-order valence-electron chi connectivity index (χ2n) is 5.34. The Bertz CT molecular complexity index is 421. The molecular weight excluding hydrogens is 240 g/mol. The largest absolute Gasteiger partial charge is 0.394 e. The molecule has 104 valence electrons. The molecular formula is C15H22N2O2. The van der Waals surface area contributed by atoms with Crippen LogP contribution in [0.25, 0.3) is 0 Å². The fourth-order valence-corrected chi connectivity index (χ4v) is 2.49. The molecule has 1 amide bonds. The fraction of sp³-hybridized carbons (Fsp3) is 0.533. The van der Waals surface area contributed by atoms with Gasteiger partial charge in [0.25, 0.3) is 0 Å². The van der Waals surface area contributed by atoms with E-state index in [4.69, 9.17) is 0 Å². The van der Waals surface area contributed by atoms with Crippen LogP contribution in [0.2, 0.25) is 0 Å². The minimum Gasteiger partial charge on any atom is -0.394 e. The van der Waals surface area contributed by atoms with Crippen molar-refractivity contribution in [1.29, 1.82) is 0 Å². The van der Waals surface area contributed by atoms with Gasteiger partial charge in [0.15, 0.2) is 0 Å². The number of amides is 1. The third-order valence-electron chi connectivity index (χ3n) is 3.76. The summed E-state index contributed by atoms with van der Waals surface area (Å²) < 4.78 is 0. The minimum absolute atomic E-state index is 0.0353. The Hall–Kier alpha value is -1.39. The highest BCUT2D eigenvalue weighted by atomic mass is 16.3. The summed E-state index contributed by atoms with van der Waals surface area (Å²) in [5.41, 5.74) is 0.405. The zero-order valence-corrected chi connectivity index (χ0v) is 11.4. The van der Waals surface area contributed by atoms with Gasteiger partial charge in [0.2, 0.25) is 5.91 Å². The molecule has 0 saturated carbocycles. The predicted octanol–water partition coefficient (Wildman–Crippen LogP) is 1.15. The molecule has 0 spiro atoms. The van der Waals surface area contributed by atoms with Gasteiger partial charge in [-0.25, -0.2) is 0 Å². The van der Waals surface area contributed by atoms with E-state index in [2.05, 4.69) is 10.6 Å². The van der Waals surface area contributed by atoms with Crippen molar-refractivity contribution < 1.29 is 9.90 Å². The lowest BCUT2D eigenvalue weighted by molar-refractivity contribution is -0.123. The number of aliphatic hydroxyl groups excluding tert-OH is 1. The molecule has 1 aliphatic heterocycles. The molecule has 0 aliphatic carbocycles. The SMILES string of the molecule is CC(CO)(NC1CCCCNC1=O)c1ccccc1. The van der Waals surface area contributed by atoms with E-state index in [-0.39, 0.29) is 18.6 Å². The van der Waals surface area contributed by atoms with Crippen LogP contribution in [0.1, 0.15) is 31.7 Å². The zero-order chi connectivity index (χ0) is 13.7. The van der Waals surface area contributed by atoms with Crippen LogP contribution in [0.15, 0.2) is 30.3 Å². The van der Waals surface area contributed by atoms with Crippen molar-refractivity contribution in [3.05, 3.63) is 35.9 Å². The number of hydrogen-bond donors (Lipinski definition) is 3. The standard InChI is InChI=1S/C15H22N2O2/c1-15(11-18,12-7-3-2-4-8-12)17-13-9-5-6-10-16-14(13)19/h2-4,7-8,13,17-18H,5-6,9-11H2,1H3,(H,16,19). The molecule has 1 aromatic carbocycles. The maximum atomic E-state index is 12.0. The third kappa shape index (κ3) is 3.33. The molecule has 0 aromatic heterocycles. The summed E-state index contributed by atoms with van der Waals surface area (Å²) in [4.78, 5) is 12.0. The van der Waals surface area contributed by atoms with Gasteiger partial charge in [-0.3, -0.25) is 10.1 Å². The molecule has 2 rings (SSSR count). The summed E-state index contributed by atoms with van der Waals surface area (Å²) >= 11 is 0. The van der Waals surface area contributed by atoms with E-state index >= 15 is 0 Å². The predicted molar refractivity (Wildman–Crippen MR) is 74.7 cm³/mol. The molecule has 4 nitrogen and oxygen atoms in total. The number of carbonyl (C=O) groups is 1. The van der Waals surface area contributed by atoms with E-state index in [1.54, 1.807) is 0 Å². The second kappa shape index (κ2) is 6.17. The van der Waals surface area contributed by atoms with Crippen LogP contribution in [-0.4, -0.2) is 30.2 Å². The van der Waals surface area contributed by atoms with Crippen molar-refractivity contribution in [2.45, 2.75) is 37.8 Å². The summed E-state index contributed by atoms with van der Waals surface area (Å²) in [6.45, 7) is 2.64. The zero-order valence-electron chi connectivity index (χ0n) is 11.4. The Morgan fingerprint density at radius 3 is 2.79 bits per heavy atom. The van der Waals surface area contributed by atoms with Gasteiger partial charge in [-0.05, 0) is 31.7 Å². The lowest BCUT2D eigenvalue weighted by atomic mass is 9.91. The highest BCUT2D eigenvalue weighted by Gasteiger charge is 2.32. The van der Waals surface area contributed by atoms with Crippen LogP contribution < -0.4 is 10.6 Å². The van der Waals surface area contributed by atoms with Gasteiger partial charge >= 0.3 is 0 Å². The van der Waals surface area contributed by atoms with Gasteiger partial charge < -0.3 is 10.4 Å². The number of benzene rings is 1. The summed E-state index contributed by atoms with van der Waals surface area (Å²) in [5.74, 6) is 0.0353. The quantitative estimate of drug-likeness (QED) is 0.763. The number of nitrogens with one attached hydrogen (secondary N) is 2. The highest BCUT2D eigenvalue weighted by Crippen LogP contribution is 2.22. The molecule has 0 bridgehead atoms. The van der Waals surface area contributed by atoms with Gasteiger partial charge in [-0.1, -0.05) is 30.3 Å². The fourth-order valence-electron chi connectivity index (χ4n) is 2.49. The average molecular weight is 262 g/mol. The van der Waals surface area contributed by atoms with E-state index < -0.39 is 5.54 Å².